The highest BCUT2D eigenvalue weighted by Crippen LogP contribution is 2.34. The first-order chi connectivity index (χ1) is 23.7. The van der Waals surface area contributed by atoms with Crippen LogP contribution in [0.3, 0.4) is 0 Å². The Morgan fingerprint density at radius 1 is 1.08 bits per heavy atom. The third kappa shape index (κ3) is 7.51. The molecule has 4 heterocycles. The van der Waals surface area contributed by atoms with E-state index in [0.29, 0.717) is 54.4 Å². The minimum Gasteiger partial charge on any atom is -0.450 e. The Labute approximate surface area is 290 Å². The molecule has 0 spiro atoms. The Morgan fingerprint density at radius 2 is 1.86 bits per heavy atom. The third-order valence-electron chi connectivity index (χ3n) is 8.55. The number of halogens is 1. The van der Waals surface area contributed by atoms with Crippen LogP contribution < -0.4 is 15.8 Å². The fourth-order valence-corrected chi connectivity index (χ4v) is 7.37. The predicted molar refractivity (Wildman–Crippen MR) is 190 cm³/mol. The van der Waals surface area contributed by atoms with E-state index in [1.54, 1.807) is 60.9 Å². The highest BCUT2D eigenvalue weighted by atomic mass is 35.5. The first-order valence-electron chi connectivity index (χ1n) is 16.2. The number of nitrogens with zero attached hydrogens (tertiary/aromatic N) is 4. The summed E-state index contributed by atoms with van der Waals surface area (Å²) in [6.45, 7) is 6.77. The van der Waals surface area contributed by atoms with Gasteiger partial charge >= 0.3 is 6.09 Å². The number of nitrogens with one attached hydrogen (secondary N) is 1. The fraction of sp³-hybridized carbons (Fsp3) is 0.306. The lowest BCUT2D eigenvalue weighted by Gasteiger charge is -2.28. The van der Waals surface area contributed by atoms with Gasteiger partial charge in [-0.25, -0.2) is 22.2 Å². The lowest BCUT2D eigenvalue weighted by atomic mass is 10.0. The van der Waals surface area contributed by atoms with Crippen LogP contribution in [0.15, 0.2) is 95.0 Å². The normalized spacial score (nSPS) is 14.1. The smallest absolute Gasteiger partial charge is 0.407 e. The van der Waals surface area contributed by atoms with Gasteiger partial charge in [-0.2, -0.15) is 0 Å². The van der Waals surface area contributed by atoms with Crippen LogP contribution in [-0.4, -0.2) is 67.5 Å². The number of morpholine rings is 1. The quantitative estimate of drug-likeness (QED) is 0.166. The molecule has 49 heavy (non-hydrogen) atoms. The summed E-state index contributed by atoms with van der Waals surface area (Å²) in [5.41, 5.74) is 3.43. The van der Waals surface area contributed by atoms with E-state index in [9.17, 15) is 18.0 Å². The highest BCUT2D eigenvalue weighted by molar-refractivity contribution is 7.90. The van der Waals surface area contributed by atoms with Crippen LogP contribution in [0.5, 0.6) is 0 Å². The van der Waals surface area contributed by atoms with Gasteiger partial charge in [-0.3, -0.25) is 4.79 Å². The number of anilines is 1. The minimum absolute atomic E-state index is 0.0749. The molecule has 1 amide bonds. The molecule has 3 aromatic heterocycles. The second-order valence-corrected chi connectivity index (χ2v) is 14.2. The number of hydrogen-bond donors (Lipinski definition) is 1. The van der Waals surface area contributed by atoms with E-state index in [0.717, 1.165) is 29.7 Å². The number of rotatable bonds is 11. The zero-order chi connectivity index (χ0) is 34.5. The van der Waals surface area contributed by atoms with Crippen molar-refractivity contribution in [1.82, 2.24) is 18.8 Å². The number of amides is 1. The summed E-state index contributed by atoms with van der Waals surface area (Å²) >= 11 is 6.32. The van der Waals surface area contributed by atoms with Crippen LogP contribution >= 0.6 is 11.6 Å². The number of carbonyl (C=O) groups excluding carboxylic acids is 1. The number of benzene rings is 2. The molecule has 6 rings (SSSR count). The molecule has 0 bridgehead atoms. The maximum Gasteiger partial charge on any atom is 0.407 e. The maximum atomic E-state index is 14.0. The second kappa shape index (κ2) is 14.9. The Hall–Kier alpha value is -4.65. The summed E-state index contributed by atoms with van der Waals surface area (Å²) in [4.78, 5) is 33.2. The average molecular weight is 704 g/mol. The Kier molecular flexibility index (Phi) is 10.4. The Balaban J connectivity index is 1.42. The maximum absolute atomic E-state index is 14.0. The van der Waals surface area contributed by atoms with Gasteiger partial charge in [-0.15, -0.1) is 0 Å². The first-order valence-corrected chi connectivity index (χ1v) is 18.0. The average Bonchev–Trinajstić information content (AvgIpc) is 3.50. The lowest BCUT2D eigenvalue weighted by molar-refractivity contribution is 0.122. The van der Waals surface area contributed by atoms with Crippen LogP contribution in [0.2, 0.25) is 5.02 Å². The number of aromatic nitrogens is 3. The van der Waals surface area contributed by atoms with Gasteiger partial charge in [0.2, 0.25) is 0 Å². The molecule has 13 heteroatoms. The molecule has 5 aromatic rings. The number of aryl methyl sites for hydroxylation is 1. The molecular formula is C36H38ClN5O6S. The summed E-state index contributed by atoms with van der Waals surface area (Å²) < 4.78 is 41.4. The van der Waals surface area contributed by atoms with Crippen LogP contribution in [-0.2, 0) is 19.5 Å². The van der Waals surface area contributed by atoms with Gasteiger partial charge in [0, 0.05) is 54.1 Å². The molecule has 0 saturated carbocycles. The van der Waals surface area contributed by atoms with Crippen molar-refractivity contribution < 1.29 is 22.7 Å². The summed E-state index contributed by atoms with van der Waals surface area (Å²) in [6.07, 6.45) is 5.91. The van der Waals surface area contributed by atoms with E-state index in [4.69, 9.17) is 21.1 Å². The van der Waals surface area contributed by atoms with E-state index >= 15 is 0 Å². The van der Waals surface area contributed by atoms with Crippen LogP contribution in [0.4, 0.5) is 10.5 Å². The van der Waals surface area contributed by atoms with Gasteiger partial charge in [-0.05, 0) is 60.9 Å². The molecule has 1 fully saturated rings. The number of unbranched alkanes of at least 4 members (excludes halogenated alkanes) is 1. The monoisotopic (exact) mass is 703 g/mol. The fourth-order valence-electron chi connectivity index (χ4n) is 5.85. The second-order valence-electron chi connectivity index (χ2n) is 11.9. The number of alkyl carbamates (subject to hydrolysis) is 1. The van der Waals surface area contributed by atoms with Crippen molar-refractivity contribution in [2.75, 3.05) is 44.4 Å². The highest BCUT2D eigenvalue weighted by Gasteiger charge is 2.25. The molecule has 1 unspecified atom stereocenters. The van der Waals surface area contributed by atoms with Gasteiger partial charge in [0.05, 0.1) is 42.6 Å². The summed E-state index contributed by atoms with van der Waals surface area (Å²) in [5, 5.41) is 3.85. The third-order valence-corrected chi connectivity index (χ3v) is 10.4. The zero-order valence-electron chi connectivity index (χ0n) is 27.3. The van der Waals surface area contributed by atoms with E-state index in [2.05, 4.69) is 15.2 Å². The van der Waals surface area contributed by atoms with Crippen molar-refractivity contribution in [3.8, 4) is 11.1 Å². The van der Waals surface area contributed by atoms with Gasteiger partial charge in [0.25, 0.3) is 15.6 Å². The lowest BCUT2D eigenvalue weighted by Crippen LogP contribution is -2.36. The molecule has 1 aliphatic rings. The molecule has 0 aliphatic carbocycles. The van der Waals surface area contributed by atoms with Crippen molar-refractivity contribution in [2.24, 2.45) is 0 Å². The molecule has 1 aliphatic heterocycles. The molecular weight excluding hydrogens is 666 g/mol. The largest absolute Gasteiger partial charge is 0.450 e. The van der Waals surface area contributed by atoms with Gasteiger partial charge < -0.3 is 24.3 Å². The van der Waals surface area contributed by atoms with E-state index in [-0.39, 0.29) is 22.6 Å². The van der Waals surface area contributed by atoms with Crippen molar-refractivity contribution in [3.05, 3.63) is 112 Å². The number of ether oxygens (including phenoxy) is 2. The first kappa shape index (κ1) is 34.2. The van der Waals surface area contributed by atoms with Crippen LogP contribution in [0.1, 0.15) is 36.9 Å². The number of hydrogen-bond acceptors (Lipinski definition) is 8. The van der Waals surface area contributed by atoms with E-state index in [1.807, 2.05) is 26.0 Å². The number of pyridine rings is 2. The van der Waals surface area contributed by atoms with Crippen molar-refractivity contribution in [1.29, 1.82) is 0 Å². The molecule has 11 nitrogen and oxygen atoms in total. The summed E-state index contributed by atoms with van der Waals surface area (Å²) in [5.74, 6) is 0. The van der Waals surface area contributed by atoms with Crippen molar-refractivity contribution in [3.63, 3.8) is 0 Å². The predicted octanol–water partition coefficient (Wildman–Crippen LogP) is 6.02. The standard InChI is InChI=1S/C36H38ClN5O6S/c1-3-4-16-48-36(44)39-23-33(27-6-5-7-28(37)19-27)41-13-12-26(20-34(41)43)32-24-42(49(45,46)30-10-8-25(2)9-11-30)35-31(32)21-29(22-38-35)40-14-17-47-18-15-40/h5-13,19-22,24,33H,3-4,14-18,23H2,1-2H3,(H,39,44). The van der Waals surface area contributed by atoms with E-state index < -0.39 is 22.2 Å². The number of carbonyl (C=O) groups is 1. The summed E-state index contributed by atoms with van der Waals surface area (Å²) in [6, 6.07) is 18.3. The van der Waals surface area contributed by atoms with Gasteiger partial charge in [0.1, 0.15) is 0 Å². The molecule has 1 N–H and O–H groups in total. The van der Waals surface area contributed by atoms with Gasteiger partial charge in [-0.1, -0.05) is 54.8 Å². The molecule has 1 atom stereocenters. The van der Waals surface area contributed by atoms with Crippen LogP contribution in [0, 0.1) is 6.92 Å². The van der Waals surface area contributed by atoms with Crippen LogP contribution in [0.25, 0.3) is 22.2 Å². The minimum atomic E-state index is -4.03. The molecule has 256 valence electrons. The summed E-state index contributed by atoms with van der Waals surface area (Å²) in [7, 11) is -4.03. The van der Waals surface area contributed by atoms with Crippen molar-refractivity contribution in [2.45, 2.75) is 37.6 Å². The topological polar surface area (TPSA) is 125 Å². The Morgan fingerprint density at radius 3 is 2.57 bits per heavy atom. The Bertz CT molecular complexity index is 2120. The SMILES string of the molecule is CCCCOC(=O)NCC(c1cccc(Cl)c1)n1ccc(-c2cn(S(=O)(=O)c3ccc(C)cc3)c3ncc(N4CCOCC4)cc23)cc1=O. The zero-order valence-corrected chi connectivity index (χ0v) is 28.9. The van der Waals surface area contributed by atoms with Crippen molar-refractivity contribution >= 4 is 44.4 Å². The molecule has 1 saturated heterocycles. The molecule has 0 radical (unpaired) electrons. The number of fused-ring (bicyclic) bond motifs is 1. The molecule has 2 aromatic carbocycles. The van der Waals surface area contributed by atoms with E-state index in [1.165, 1.54) is 20.8 Å². The van der Waals surface area contributed by atoms with Gasteiger partial charge in [0.15, 0.2) is 5.65 Å².